The predicted molar refractivity (Wildman–Crippen MR) is 132 cm³/mol. The van der Waals surface area contributed by atoms with Crippen LogP contribution < -0.4 is 19.3 Å². The number of allylic oxidation sites excluding steroid dienone is 1. The van der Waals surface area contributed by atoms with Crippen LogP contribution in [0.3, 0.4) is 0 Å². The highest BCUT2D eigenvalue weighted by Crippen LogP contribution is 2.60. The Balaban J connectivity index is 1.82. The van der Waals surface area contributed by atoms with Crippen LogP contribution in [-0.4, -0.2) is 37.3 Å². The molecule has 3 aliphatic heterocycles. The first-order valence-electron chi connectivity index (χ1n) is 11.1. The summed E-state index contributed by atoms with van der Waals surface area (Å²) >= 11 is 1.40. The van der Waals surface area contributed by atoms with Crippen molar-refractivity contribution < 1.29 is 19.1 Å². The van der Waals surface area contributed by atoms with E-state index in [1.165, 1.54) is 11.8 Å². The number of carbonyl (C=O) groups excluding carboxylic acids is 2. The first-order valence-corrected chi connectivity index (χ1v) is 12.1. The van der Waals surface area contributed by atoms with E-state index < -0.39 is 10.4 Å². The maximum absolute atomic E-state index is 14.4. The Labute approximate surface area is 198 Å². The summed E-state index contributed by atoms with van der Waals surface area (Å²) in [6, 6.07) is 9.64. The van der Waals surface area contributed by atoms with Crippen LogP contribution in [0.25, 0.3) is 5.57 Å². The highest BCUT2D eigenvalue weighted by Gasteiger charge is 2.64. The van der Waals surface area contributed by atoms with E-state index in [9.17, 15) is 9.59 Å². The lowest BCUT2D eigenvalue weighted by atomic mass is 9.87. The number of hydrogen-bond acceptors (Lipinski definition) is 5. The predicted octanol–water partition coefficient (Wildman–Crippen LogP) is 4.74. The number of rotatable bonds is 4. The zero-order chi connectivity index (χ0) is 23.7. The smallest absolute Gasteiger partial charge is 0.269 e. The van der Waals surface area contributed by atoms with Crippen molar-refractivity contribution >= 4 is 40.5 Å². The molecule has 1 spiro atoms. The highest BCUT2D eigenvalue weighted by atomic mass is 32.2. The summed E-state index contributed by atoms with van der Waals surface area (Å²) in [4.78, 5) is 30.2. The Morgan fingerprint density at radius 2 is 1.67 bits per heavy atom. The van der Waals surface area contributed by atoms with Gasteiger partial charge in [0.1, 0.15) is 11.5 Å². The molecule has 1 fully saturated rings. The van der Waals surface area contributed by atoms with Gasteiger partial charge in [-0.3, -0.25) is 19.4 Å². The number of thioether (sulfide) groups is 1. The molecule has 1 atom stereocenters. The minimum absolute atomic E-state index is 0.0848. The van der Waals surface area contributed by atoms with Gasteiger partial charge in [-0.25, -0.2) is 0 Å². The normalized spacial score (nSPS) is 22.7. The molecular formula is C26H28N2O4S. The summed E-state index contributed by atoms with van der Waals surface area (Å²) in [6.07, 6.45) is 2.99. The van der Waals surface area contributed by atoms with E-state index >= 15 is 0 Å². The van der Waals surface area contributed by atoms with E-state index in [1.54, 1.807) is 37.3 Å². The van der Waals surface area contributed by atoms with Crippen LogP contribution in [0, 0.1) is 0 Å². The van der Waals surface area contributed by atoms with E-state index in [-0.39, 0.29) is 17.6 Å². The summed E-state index contributed by atoms with van der Waals surface area (Å²) in [6.45, 7) is 8.31. The molecule has 7 heteroatoms. The number of fused-ring (bicyclic) bond motifs is 1. The van der Waals surface area contributed by atoms with Crippen LogP contribution in [0.4, 0.5) is 11.4 Å². The van der Waals surface area contributed by atoms with Gasteiger partial charge < -0.3 is 9.47 Å². The van der Waals surface area contributed by atoms with Crippen molar-refractivity contribution in [1.29, 1.82) is 0 Å². The van der Waals surface area contributed by atoms with Crippen LogP contribution in [0.15, 0.2) is 36.4 Å². The number of benzene rings is 2. The van der Waals surface area contributed by atoms with Gasteiger partial charge in [-0.2, -0.15) is 0 Å². The second-order valence-corrected chi connectivity index (χ2v) is 10.4. The van der Waals surface area contributed by atoms with E-state index in [0.29, 0.717) is 17.2 Å². The minimum Gasteiger partial charge on any atom is -0.497 e. The number of amides is 2. The lowest BCUT2D eigenvalue weighted by Crippen LogP contribution is -2.54. The van der Waals surface area contributed by atoms with E-state index in [4.69, 9.17) is 9.47 Å². The molecule has 2 aromatic carbocycles. The topological polar surface area (TPSA) is 59.1 Å². The fraction of sp³-hybridized carbons (Fsp3) is 0.385. The largest absolute Gasteiger partial charge is 0.497 e. The molecule has 0 aromatic heterocycles. The van der Waals surface area contributed by atoms with Crippen molar-refractivity contribution in [2.75, 3.05) is 29.8 Å². The van der Waals surface area contributed by atoms with Gasteiger partial charge in [-0.15, -0.1) is 11.8 Å². The molecule has 1 unspecified atom stereocenters. The number of carbonyl (C=O) groups is 2. The third kappa shape index (κ3) is 2.88. The number of hydrogen-bond donors (Lipinski definition) is 0. The molecule has 6 nitrogen and oxygen atoms in total. The molecule has 0 bridgehead atoms. The summed E-state index contributed by atoms with van der Waals surface area (Å²) in [5, 5.41) is 0. The maximum Gasteiger partial charge on any atom is 0.269 e. The molecule has 2 aromatic rings. The molecule has 0 N–H and O–H groups in total. The fourth-order valence-electron chi connectivity index (χ4n) is 5.36. The number of ether oxygens (including phenoxy) is 2. The Morgan fingerprint density at radius 1 is 1.00 bits per heavy atom. The Hall–Kier alpha value is -2.93. The van der Waals surface area contributed by atoms with Gasteiger partial charge in [0.25, 0.3) is 5.91 Å². The van der Waals surface area contributed by atoms with Crippen molar-refractivity contribution in [2.24, 2.45) is 0 Å². The first kappa shape index (κ1) is 21.9. The highest BCUT2D eigenvalue weighted by molar-refractivity contribution is 8.02. The fourth-order valence-corrected chi connectivity index (χ4v) is 6.69. The summed E-state index contributed by atoms with van der Waals surface area (Å²) in [5.41, 5.74) is 5.25. The third-order valence-electron chi connectivity index (χ3n) is 6.79. The lowest BCUT2D eigenvalue weighted by Gasteiger charge is -2.40. The molecule has 172 valence electrons. The van der Waals surface area contributed by atoms with Crippen molar-refractivity contribution in [3.8, 4) is 11.5 Å². The number of nitrogens with zero attached hydrogens (tertiary/aromatic N) is 2. The van der Waals surface area contributed by atoms with E-state index in [0.717, 1.165) is 34.4 Å². The van der Waals surface area contributed by atoms with Gasteiger partial charge >= 0.3 is 0 Å². The molecule has 1 saturated heterocycles. The van der Waals surface area contributed by atoms with Crippen LogP contribution in [0.1, 0.15) is 44.4 Å². The van der Waals surface area contributed by atoms with Gasteiger partial charge in [0.2, 0.25) is 10.8 Å². The average Bonchev–Trinajstić information content (AvgIpc) is 3.27. The van der Waals surface area contributed by atoms with Crippen LogP contribution in [0.5, 0.6) is 11.5 Å². The SMILES string of the molecule is CCc1cc2c3c(c1)C1(SCC(=O)N1c1cc(OC)cc(OC)c1)C(=O)N3C(C)(C)C=C2C. The molecule has 0 radical (unpaired) electrons. The molecule has 3 heterocycles. The van der Waals surface area contributed by atoms with Crippen molar-refractivity contribution in [3.05, 3.63) is 53.1 Å². The molecule has 2 amide bonds. The summed E-state index contributed by atoms with van der Waals surface area (Å²) in [5.74, 6) is 1.16. The van der Waals surface area contributed by atoms with Gasteiger partial charge in [-0.05, 0) is 50.5 Å². The van der Waals surface area contributed by atoms with E-state index in [2.05, 4.69) is 32.1 Å². The molecule has 5 rings (SSSR count). The minimum atomic E-state index is -1.17. The molecule has 0 saturated carbocycles. The zero-order valence-corrected chi connectivity index (χ0v) is 20.6. The second-order valence-electron chi connectivity index (χ2n) is 9.25. The van der Waals surface area contributed by atoms with Gasteiger partial charge in [0, 0.05) is 29.3 Å². The van der Waals surface area contributed by atoms with E-state index in [1.807, 2.05) is 18.7 Å². The van der Waals surface area contributed by atoms with Crippen molar-refractivity contribution in [3.63, 3.8) is 0 Å². The number of anilines is 2. The van der Waals surface area contributed by atoms with Crippen LogP contribution >= 0.6 is 11.8 Å². The first-order chi connectivity index (χ1) is 15.7. The summed E-state index contributed by atoms with van der Waals surface area (Å²) < 4.78 is 10.9. The Kier molecular flexibility index (Phi) is 4.83. The second kappa shape index (κ2) is 7.29. The lowest BCUT2D eigenvalue weighted by molar-refractivity contribution is -0.124. The zero-order valence-electron chi connectivity index (χ0n) is 19.8. The number of aryl methyl sites for hydroxylation is 1. The maximum atomic E-state index is 14.4. The van der Waals surface area contributed by atoms with Gasteiger partial charge in [-0.1, -0.05) is 13.0 Å². The van der Waals surface area contributed by atoms with Crippen molar-refractivity contribution in [2.45, 2.75) is 44.5 Å². The van der Waals surface area contributed by atoms with Gasteiger partial charge in [0.05, 0.1) is 36.9 Å². The van der Waals surface area contributed by atoms with Gasteiger partial charge in [0.15, 0.2) is 0 Å². The quantitative estimate of drug-likeness (QED) is 0.654. The Bertz CT molecular complexity index is 1210. The standard InChI is InChI=1S/C26H28N2O4S/c1-7-16-8-20-15(2)13-25(3,4)28-23(20)21(9-16)26(24(28)30)27(22(29)14-33-26)17-10-18(31-5)12-19(11-17)32-6/h8-13H,7,14H2,1-6H3. The monoisotopic (exact) mass is 464 g/mol. The van der Waals surface area contributed by atoms with Crippen LogP contribution in [0.2, 0.25) is 0 Å². The third-order valence-corrected chi connectivity index (χ3v) is 8.18. The summed E-state index contributed by atoms with van der Waals surface area (Å²) in [7, 11) is 3.15. The Morgan fingerprint density at radius 3 is 2.27 bits per heavy atom. The molecular weight excluding hydrogens is 436 g/mol. The molecule has 3 aliphatic rings. The average molecular weight is 465 g/mol. The molecule has 33 heavy (non-hydrogen) atoms. The van der Waals surface area contributed by atoms with Crippen molar-refractivity contribution in [1.82, 2.24) is 0 Å². The number of methoxy groups -OCH3 is 2. The van der Waals surface area contributed by atoms with Crippen LogP contribution in [-0.2, 0) is 20.9 Å². The molecule has 0 aliphatic carbocycles.